The van der Waals surface area contributed by atoms with E-state index < -0.39 is 12.1 Å². The quantitative estimate of drug-likeness (QED) is 0.571. The van der Waals surface area contributed by atoms with Gasteiger partial charge < -0.3 is 20.3 Å². The summed E-state index contributed by atoms with van der Waals surface area (Å²) in [6.07, 6.45) is 1.07. The van der Waals surface area contributed by atoms with Crippen LogP contribution in [0, 0.1) is 0 Å². The Kier molecular flexibility index (Phi) is 7.69. The van der Waals surface area contributed by atoms with Crippen molar-refractivity contribution in [3.8, 4) is 5.75 Å². The van der Waals surface area contributed by atoms with Gasteiger partial charge in [0.2, 0.25) is 0 Å². The molecule has 0 aliphatic rings. The zero-order valence-corrected chi connectivity index (χ0v) is 11.8. The van der Waals surface area contributed by atoms with E-state index in [1.807, 2.05) is 31.2 Å². The molecule has 0 heterocycles. The van der Waals surface area contributed by atoms with Gasteiger partial charge in [-0.25, -0.2) is 0 Å². The second-order valence-electron chi connectivity index (χ2n) is 4.63. The normalized spacial score (nSPS) is 12.1. The van der Waals surface area contributed by atoms with Crippen molar-refractivity contribution in [2.45, 2.75) is 32.3 Å². The van der Waals surface area contributed by atoms with E-state index in [2.05, 4.69) is 5.32 Å². The molecule has 0 aliphatic heterocycles. The number of aliphatic hydroxyl groups excluding tert-OH is 1. The fraction of sp³-hybridized carbons (Fsp3) is 0.533. The summed E-state index contributed by atoms with van der Waals surface area (Å²) in [5.41, 5.74) is 0.819. The molecule has 0 fully saturated rings. The fourth-order valence-corrected chi connectivity index (χ4v) is 1.73. The molecule has 0 aromatic heterocycles. The average molecular weight is 281 g/mol. The van der Waals surface area contributed by atoms with Crippen LogP contribution in [0.3, 0.4) is 0 Å². The second-order valence-corrected chi connectivity index (χ2v) is 4.63. The molecule has 3 N–H and O–H groups in total. The van der Waals surface area contributed by atoms with E-state index in [0.29, 0.717) is 26.1 Å². The van der Waals surface area contributed by atoms with Crippen LogP contribution in [0.2, 0.25) is 0 Å². The van der Waals surface area contributed by atoms with Crippen molar-refractivity contribution in [2.75, 3.05) is 19.7 Å². The first-order chi connectivity index (χ1) is 9.63. The SMILES string of the molecule is CCCOc1ccc(C(O)CNCCCC(=O)O)cc1. The summed E-state index contributed by atoms with van der Waals surface area (Å²) in [5.74, 6) is 0.00670. The minimum Gasteiger partial charge on any atom is -0.494 e. The number of aliphatic carboxylic acids is 1. The monoisotopic (exact) mass is 281 g/mol. The lowest BCUT2D eigenvalue weighted by Gasteiger charge is -2.13. The van der Waals surface area contributed by atoms with Crippen molar-refractivity contribution in [3.63, 3.8) is 0 Å². The number of carboxylic acids is 1. The highest BCUT2D eigenvalue weighted by Crippen LogP contribution is 2.17. The lowest BCUT2D eigenvalue weighted by molar-refractivity contribution is -0.137. The lowest BCUT2D eigenvalue weighted by Crippen LogP contribution is -2.23. The minimum atomic E-state index is -0.796. The van der Waals surface area contributed by atoms with Gasteiger partial charge in [-0.1, -0.05) is 19.1 Å². The fourth-order valence-electron chi connectivity index (χ4n) is 1.73. The van der Waals surface area contributed by atoms with Gasteiger partial charge in [0.05, 0.1) is 12.7 Å². The van der Waals surface area contributed by atoms with Crippen LogP contribution in [0.1, 0.15) is 37.9 Å². The molecule has 0 saturated heterocycles. The molecule has 20 heavy (non-hydrogen) atoms. The highest BCUT2D eigenvalue weighted by atomic mass is 16.5. The number of aliphatic hydroxyl groups is 1. The number of hydrogen-bond acceptors (Lipinski definition) is 4. The summed E-state index contributed by atoms with van der Waals surface area (Å²) in [4.78, 5) is 10.3. The van der Waals surface area contributed by atoms with Gasteiger partial charge >= 0.3 is 5.97 Å². The highest BCUT2D eigenvalue weighted by Gasteiger charge is 2.07. The van der Waals surface area contributed by atoms with Crippen LogP contribution in [0.25, 0.3) is 0 Å². The number of rotatable bonds is 10. The lowest BCUT2D eigenvalue weighted by atomic mass is 10.1. The van der Waals surface area contributed by atoms with Crippen LogP contribution < -0.4 is 10.1 Å². The summed E-state index contributed by atoms with van der Waals surface area (Å²) in [6, 6.07) is 7.38. The first-order valence-electron chi connectivity index (χ1n) is 6.96. The topological polar surface area (TPSA) is 78.8 Å². The summed E-state index contributed by atoms with van der Waals surface area (Å²) in [5, 5.41) is 21.5. The Bertz CT molecular complexity index is 391. The van der Waals surface area contributed by atoms with Crippen molar-refractivity contribution in [1.82, 2.24) is 5.32 Å². The molecule has 0 spiro atoms. The Morgan fingerprint density at radius 2 is 2.05 bits per heavy atom. The van der Waals surface area contributed by atoms with E-state index in [4.69, 9.17) is 9.84 Å². The van der Waals surface area contributed by atoms with Crippen LogP contribution in [-0.2, 0) is 4.79 Å². The molecule has 1 aromatic rings. The third-order valence-electron chi connectivity index (χ3n) is 2.82. The van der Waals surface area contributed by atoms with Crippen LogP contribution in [0.4, 0.5) is 0 Å². The molecule has 1 rings (SSSR count). The van der Waals surface area contributed by atoms with Gasteiger partial charge in [0.15, 0.2) is 0 Å². The molecule has 0 saturated carbocycles. The largest absolute Gasteiger partial charge is 0.494 e. The molecule has 5 nitrogen and oxygen atoms in total. The van der Waals surface area contributed by atoms with Gasteiger partial charge in [0, 0.05) is 13.0 Å². The molecule has 5 heteroatoms. The Balaban J connectivity index is 2.28. The second kappa shape index (κ2) is 9.34. The zero-order valence-electron chi connectivity index (χ0n) is 11.8. The van der Waals surface area contributed by atoms with Gasteiger partial charge in [0.25, 0.3) is 0 Å². The van der Waals surface area contributed by atoms with Crippen LogP contribution in [0.5, 0.6) is 5.75 Å². The number of nitrogens with one attached hydrogen (secondary N) is 1. The maximum absolute atomic E-state index is 10.3. The number of carboxylic acid groups (broad SMARTS) is 1. The van der Waals surface area contributed by atoms with Crippen molar-refractivity contribution >= 4 is 5.97 Å². The predicted octanol–water partition coefficient (Wildman–Crippen LogP) is 1.96. The smallest absolute Gasteiger partial charge is 0.303 e. The number of hydrogen-bond donors (Lipinski definition) is 3. The Hall–Kier alpha value is -1.59. The first kappa shape index (κ1) is 16.5. The van der Waals surface area contributed by atoms with Crippen LogP contribution >= 0.6 is 0 Å². The van der Waals surface area contributed by atoms with Gasteiger partial charge in [-0.3, -0.25) is 4.79 Å². The maximum atomic E-state index is 10.3. The minimum absolute atomic E-state index is 0.145. The summed E-state index contributed by atoms with van der Waals surface area (Å²) >= 11 is 0. The number of benzene rings is 1. The van der Waals surface area contributed by atoms with Crippen LogP contribution in [0.15, 0.2) is 24.3 Å². The van der Waals surface area contributed by atoms with Crippen molar-refractivity contribution < 1.29 is 19.7 Å². The standard InChI is InChI=1S/C15H23NO4/c1-2-10-20-13-7-5-12(6-8-13)14(17)11-16-9-3-4-15(18)19/h5-8,14,16-17H,2-4,9-11H2,1H3,(H,18,19). The molecule has 0 aliphatic carbocycles. The molecule has 0 bridgehead atoms. The predicted molar refractivity (Wildman–Crippen MR) is 76.9 cm³/mol. The molecule has 112 valence electrons. The first-order valence-corrected chi connectivity index (χ1v) is 6.96. The summed E-state index contributed by atoms with van der Waals surface area (Å²) in [6.45, 7) is 3.73. The Morgan fingerprint density at radius 3 is 2.65 bits per heavy atom. The molecular formula is C15H23NO4. The molecular weight excluding hydrogens is 258 g/mol. The highest BCUT2D eigenvalue weighted by molar-refractivity contribution is 5.66. The van der Waals surface area contributed by atoms with E-state index in [-0.39, 0.29) is 6.42 Å². The van der Waals surface area contributed by atoms with Crippen molar-refractivity contribution in [3.05, 3.63) is 29.8 Å². The van der Waals surface area contributed by atoms with Gasteiger partial charge in [-0.2, -0.15) is 0 Å². The molecule has 1 atom stereocenters. The van der Waals surface area contributed by atoms with E-state index in [1.165, 1.54) is 0 Å². The van der Waals surface area contributed by atoms with Crippen LogP contribution in [-0.4, -0.2) is 35.9 Å². The third-order valence-corrected chi connectivity index (χ3v) is 2.82. The van der Waals surface area contributed by atoms with Crippen molar-refractivity contribution in [2.24, 2.45) is 0 Å². The number of ether oxygens (including phenoxy) is 1. The van der Waals surface area contributed by atoms with E-state index in [0.717, 1.165) is 17.7 Å². The third kappa shape index (κ3) is 6.54. The molecule has 1 aromatic carbocycles. The van der Waals surface area contributed by atoms with E-state index in [1.54, 1.807) is 0 Å². The zero-order chi connectivity index (χ0) is 14.8. The number of carbonyl (C=O) groups is 1. The van der Waals surface area contributed by atoms with Gasteiger partial charge in [-0.05, 0) is 37.1 Å². The van der Waals surface area contributed by atoms with E-state index in [9.17, 15) is 9.90 Å². The average Bonchev–Trinajstić information content (AvgIpc) is 2.44. The maximum Gasteiger partial charge on any atom is 0.303 e. The Morgan fingerprint density at radius 1 is 1.35 bits per heavy atom. The van der Waals surface area contributed by atoms with Gasteiger partial charge in [-0.15, -0.1) is 0 Å². The molecule has 1 unspecified atom stereocenters. The van der Waals surface area contributed by atoms with E-state index >= 15 is 0 Å². The van der Waals surface area contributed by atoms with Crippen molar-refractivity contribution in [1.29, 1.82) is 0 Å². The molecule has 0 radical (unpaired) electrons. The summed E-state index contributed by atoms with van der Waals surface area (Å²) in [7, 11) is 0. The van der Waals surface area contributed by atoms with Gasteiger partial charge in [0.1, 0.15) is 5.75 Å². The molecule has 0 amide bonds. The summed E-state index contributed by atoms with van der Waals surface area (Å²) < 4.78 is 5.47. The Labute approximate surface area is 119 Å².